The van der Waals surface area contributed by atoms with Gasteiger partial charge in [-0.15, -0.1) is 0 Å². The number of aromatic nitrogens is 7. The van der Waals surface area contributed by atoms with Crippen molar-refractivity contribution >= 4 is 94.3 Å². The number of carbonyl (C=O) groups excluding carboxylic acids is 4. The lowest BCUT2D eigenvalue weighted by Gasteiger charge is -2.41. The molecule has 89 heavy (non-hydrogen) atoms. The highest BCUT2D eigenvalue weighted by atomic mass is 32.5. The van der Waals surface area contributed by atoms with E-state index in [-0.39, 0.29) is 74.1 Å². The molecular formula is C55H80FN11O17P2SSi2. The van der Waals surface area contributed by atoms with Gasteiger partial charge in [-0.3, -0.25) is 42.3 Å². The Morgan fingerprint density at radius 3 is 2.31 bits per heavy atom. The van der Waals surface area contributed by atoms with Crippen molar-refractivity contribution in [2.75, 3.05) is 64.3 Å². The number of amides is 4. The number of rotatable bonds is 25. The smallest absolute Gasteiger partial charge is 0.407 e. The van der Waals surface area contributed by atoms with Crippen LogP contribution in [-0.4, -0.2) is 195 Å². The number of fused-ring (bicyclic) bond motifs is 1. The number of ether oxygens (including phenoxy) is 4. The summed E-state index contributed by atoms with van der Waals surface area (Å²) in [6.07, 6.45) is -3.98. The maximum absolute atomic E-state index is 17.3. The Kier molecular flexibility index (Phi) is 21.3. The first-order chi connectivity index (χ1) is 42.0. The fraction of sp³-hybridized carbons (Fsp3) is 0.618. The van der Waals surface area contributed by atoms with Gasteiger partial charge in [-0.1, -0.05) is 58.6 Å². The highest BCUT2D eigenvalue weighted by Crippen LogP contribution is 2.59. The monoisotopic (exact) mass is 1340 g/mol. The zero-order chi connectivity index (χ0) is 64.4. The molecule has 4 aliphatic rings. The van der Waals surface area contributed by atoms with Crippen LogP contribution in [0.1, 0.15) is 75.3 Å². The average Bonchev–Trinajstić information content (AvgIpc) is 1.62. The number of likely N-dealkylation sites (tertiary alicyclic amines) is 1. The predicted octanol–water partition coefficient (Wildman–Crippen LogP) is 5.50. The highest BCUT2D eigenvalue weighted by Gasteiger charge is 2.57. The molecule has 4 aromatic heterocycles. The second kappa shape index (κ2) is 27.9. The lowest BCUT2D eigenvalue weighted by atomic mass is 10.1. The third-order valence-corrected chi connectivity index (χ3v) is 26.6. The van der Waals surface area contributed by atoms with Crippen molar-refractivity contribution in [3.63, 3.8) is 0 Å². The number of aryl methyl sites for hydroxylation is 1. The van der Waals surface area contributed by atoms with Gasteiger partial charge in [-0.05, 0) is 79.4 Å². The van der Waals surface area contributed by atoms with Crippen LogP contribution in [0.3, 0.4) is 0 Å². The molecule has 0 bridgehead atoms. The number of alkyl halides is 1. The number of alkyl carbamates (subject to hydrolysis) is 1. The normalized spacial score (nSPS) is 24.1. The van der Waals surface area contributed by atoms with Crippen LogP contribution in [0.2, 0.25) is 43.8 Å². The van der Waals surface area contributed by atoms with Gasteiger partial charge >= 0.3 is 20.4 Å². The molecule has 0 spiro atoms. The van der Waals surface area contributed by atoms with Crippen LogP contribution < -0.4 is 21.1 Å². The first-order valence-corrected chi connectivity index (χ1v) is 40.4. The van der Waals surface area contributed by atoms with Gasteiger partial charge in [0.25, 0.3) is 11.5 Å². The summed E-state index contributed by atoms with van der Waals surface area (Å²) in [4.78, 5) is 108. The van der Waals surface area contributed by atoms with Gasteiger partial charge in [-0.2, -0.15) is 0 Å². The molecule has 488 valence electrons. The Labute approximate surface area is 521 Å². The zero-order valence-corrected chi connectivity index (χ0v) is 55.9. The van der Waals surface area contributed by atoms with Crippen molar-refractivity contribution < 1.29 is 80.0 Å². The van der Waals surface area contributed by atoms with Gasteiger partial charge in [0.1, 0.15) is 67.5 Å². The van der Waals surface area contributed by atoms with E-state index in [4.69, 9.17) is 48.8 Å². The number of anilines is 1. The maximum Gasteiger partial charge on any atom is 0.407 e. The van der Waals surface area contributed by atoms with Gasteiger partial charge in [0.2, 0.25) is 11.8 Å². The van der Waals surface area contributed by atoms with E-state index >= 15 is 4.39 Å². The van der Waals surface area contributed by atoms with Crippen LogP contribution >= 0.6 is 14.3 Å². The van der Waals surface area contributed by atoms with Gasteiger partial charge in [0.05, 0.1) is 57.3 Å². The topological polar surface area (TPSA) is 334 Å². The third-order valence-electron chi connectivity index (χ3n) is 16.7. The van der Waals surface area contributed by atoms with Crippen LogP contribution in [-0.2, 0) is 75.9 Å². The van der Waals surface area contributed by atoms with E-state index in [1.807, 2.05) is 33.9 Å². The number of nitrogens with one attached hydrogen (secondary N) is 2. The van der Waals surface area contributed by atoms with Gasteiger partial charge < -0.3 is 67.4 Å². The fourth-order valence-corrected chi connectivity index (χ4v) is 16.1. The van der Waals surface area contributed by atoms with E-state index in [1.165, 1.54) is 44.5 Å². The van der Waals surface area contributed by atoms with Gasteiger partial charge in [0, 0.05) is 39.8 Å². The minimum Gasteiger partial charge on any atom is -0.450 e. The highest BCUT2D eigenvalue weighted by molar-refractivity contribution is 8.07. The Morgan fingerprint density at radius 1 is 0.888 bits per heavy atom. The van der Waals surface area contributed by atoms with Crippen LogP contribution in [0.4, 0.5) is 15.0 Å². The zero-order valence-electron chi connectivity index (χ0n) is 51.3. The van der Waals surface area contributed by atoms with Crippen LogP contribution in [0.25, 0.3) is 22.2 Å². The molecule has 4 amide bonds. The summed E-state index contributed by atoms with van der Waals surface area (Å²) in [5.74, 6) is -0.780. The van der Waals surface area contributed by atoms with Crippen molar-refractivity contribution in [2.24, 2.45) is 0 Å². The molecule has 34 heteroatoms. The van der Waals surface area contributed by atoms with Crippen LogP contribution in [0.5, 0.6) is 0 Å². The summed E-state index contributed by atoms with van der Waals surface area (Å²) in [6, 6.07) is 8.94. The molecule has 3 fully saturated rings. The summed E-state index contributed by atoms with van der Waals surface area (Å²) in [5, 5.41) is 16.0. The standard InChI is InChI=1S/C55H80FN11O17P2SSi2/c1-34(69)64-19-14-18-37(64)28-79-86(87,80-29-39-46(85(74,75)76)42(56)52(82-39)66-26-36-17-13-20-65(47-41(36)48(66)59-30-58-47)50(71)35-15-11-10-12-16-35)83-45-44(84-89(8,9)55(2,3)4)38(27-68)81-53(45)67-32-60-43-49(67)61-31-63(51(43)72)21-22-77-33-62-40(70)25-57-54(73)78-23-24-88(5,6)7/h10-12,15-16,26,30-32,37-39,42,44-46,52-53,68H,13-14,17-25,27-29,33H2,1-9H3,(H,57,73)(H,62,70)(H2,74,75,76)/t37-,38-,39-,42+,44-,45-,46-,52-,53-,86-/m1/s1. The second-order valence-corrected chi connectivity index (χ2v) is 40.3. The summed E-state index contributed by atoms with van der Waals surface area (Å²) >= 11 is 6.29. The molecule has 8 heterocycles. The molecule has 0 radical (unpaired) electrons. The first kappa shape index (κ1) is 68.1. The first-order valence-electron chi connectivity index (χ1n) is 29.5. The summed E-state index contributed by atoms with van der Waals surface area (Å²) < 4.78 is 85.6. The minimum atomic E-state index is -5.40. The number of aliphatic hydroxyl groups excluding tert-OH is 1. The molecule has 28 nitrogen and oxygen atoms in total. The third kappa shape index (κ3) is 15.6. The molecule has 10 atom stereocenters. The summed E-state index contributed by atoms with van der Waals surface area (Å²) in [7, 11) is -9.66. The summed E-state index contributed by atoms with van der Waals surface area (Å²) in [6.45, 7) is 12.2. The van der Waals surface area contributed by atoms with E-state index in [0.29, 0.717) is 55.3 Å². The lowest BCUT2D eigenvalue weighted by molar-refractivity contribution is -0.130. The molecule has 3 saturated heterocycles. The van der Waals surface area contributed by atoms with Crippen molar-refractivity contribution in [1.29, 1.82) is 0 Å². The lowest BCUT2D eigenvalue weighted by Crippen LogP contribution is -2.50. The number of nitrogens with zero attached hydrogens (tertiary/aromatic N) is 9. The molecular weight excluding hydrogens is 1260 g/mol. The largest absolute Gasteiger partial charge is 0.450 e. The number of aliphatic hydroxyl groups is 1. The molecule has 5 N–H and O–H groups in total. The van der Waals surface area contributed by atoms with Gasteiger partial charge in [0.15, 0.2) is 38.1 Å². The van der Waals surface area contributed by atoms with E-state index in [2.05, 4.69) is 50.2 Å². The molecule has 1 aromatic carbocycles. The number of benzene rings is 1. The SMILES string of the molecule is CC(=O)N1CCC[C@@H]1CO[P@@](=S)(OC[C@H]1O[C@@H](n2cc3c4c(ncnc42)N(C(=O)c2ccccc2)CCC3)[C@@H](F)[C@@H]1P(=O)(O)O)O[C@@H]1[C@H](O[Si](C)(C)C(C)(C)C)[C@@H](CO)O[C@H]1n1cnc2c(=O)n(CCOCNC(=O)CNC(=O)OCC[Si](C)(C)C)cnc21. The molecule has 4 aliphatic heterocycles. The molecule has 5 aromatic rings. The van der Waals surface area contributed by atoms with E-state index in [1.54, 1.807) is 41.4 Å². The van der Waals surface area contributed by atoms with Crippen molar-refractivity contribution in [2.45, 2.75) is 158 Å². The molecule has 0 aliphatic carbocycles. The molecule has 0 saturated carbocycles. The maximum atomic E-state index is 17.3. The van der Waals surface area contributed by atoms with Crippen molar-refractivity contribution in [3.8, 4) is 0 Å². The number of halogens is 1. The number of carbonyl (C=O) groups is 4. The quantitative estimate of drug-likeness (QED) is 0.0208. The van der Waals surface area contributed by atoms with Crippen LogP contribution in [0, 0.1) is 0 Å². The Morgan fingerprint density at radius 2 is 1.62 bits per heavy atom. The van der Waals surface area contributed by atoms with E-state index in [9.17, 15) is 43.4 Å². The number of hydrogen-bond acceptors (Lipinski definition) is 20. The van der Waals surface area contributed by atoms with E-state index in [0.717, 1.165) is 6.04 Å². The Hall–Kier alpha value is -5.29. The molecule has 0 unspecified atom stereocenters. The van der Waals surface area contributed by atoms with Crippen molar-refractivity contribution in [3.05, 3.63) is 77.0 Å². The Bertz CT molecular complexity index is 3530. The fourth-order valence-electron chi connectivity index (χ4n) is 10.9. The predicted molar refractivity (Wildman–Crippen MR) is 331 cm³/mol. The Balaban J connectivity index is 0.983. The number of hydrogen-bond donors (Lipinski definition) is 5. The minimum absolute atomic E-state index is 0.0154. The van der Waals surface area contributed by atoms with Crippen LogP contribution in [0.15, 0.2) is 60.3 Å². The molecule has 9 rings (SSSR count). The van der Waals surface area contributed by atoms with Crippen molar-refractivity contribution in [1.82, 2.24) is 49.2 Å². The van der Waals surface area contributed by atoms with Gasteiger partial charge in [-0.25, -0.2) is 29.1 Å². The van der Waals surface area contributed by atoms with E-state index < -0.39 is 121 Å². The second-order valence-electron chi connectivity index (χ2n) is 25.2. The average molecular weight is 1340 g/mol. The number of imidazole rings is 1. The summed E-state index contributed by atoms with van der Waals surface area (Å²) in [5.41, 5.74) is -1.54.